The van der Waals surface area contributed by atoms with Crippen LogP contribution in [0.1, 0.15) is 40.0 Å². The summed E-state index contributed by atoms with van der Waals surface area (Å²) in [6, 6.07) is 0. The number of hydrogen-bond donors (Lipinski definition) is 1. The molecule has 0 aromatic heterocycles. The van der Waals surface area contributed by atoms with Crippen LogP contribution in [0.3, 0.4) is 0 Å². The van der Waals surface area contributed by atoms with Crippen molar-refractivity contribution in [3.8, 4) is 0 Å². The van der Waals surface area contributed by atoms with E-state index in [0.29, 0.717) is 17.6 Å². The highest BCUT2D eigenvalue weighted by atomic mass is 16.6. The molecule has 2 aliphatic rings. The molecule has 3 unspecified atom stereocenters. The first-order valence-corrected chi connectivity index (χ1v) is 7.58. The van der Waals surface area contributed by atoms with Crippen molar-refractivity contribution in [3.05, 3.63) is 23.5 Å². The van der Waals surface area contributed by atoms with Crippen molar-refractivity contribution in [1.29, 1.82) is 0 Å². The fourth-order valence-corrected chi connectivity index (χ4v) is 3.59. The van der Waals surface area contributed by atoms with Gasteiger partial charge in [-0.05, 0) is 39.5 Å². The van der Waals surface area contributed by atoms with E-state index < -0.39 is 17.5 Å². The minimum absolute atomic E-state index is 0.0904. The molecule has 0 aromatic rings. The number of allylic oxidation sites excluding steroid dienone is 1. The molecule has 1 fully saturated rings. The SMILES string of the molecule is C=C(C(=O)OC(C)(C)C)C1C2CCC1C(C(=O)OC)=C(O)C2. The summed E-state index contributed by atoms with van der Waals surface area (Å²) in [5.41, 5.74) is 0.0963. The number of aliphatic hydroxyl groups is 1. The quantitative estimate of drug-likeness (QED) is 0.641. The number of carbonyl (C=O) groups is 2. The van der Waals surface area contributed by atoms with Gasteiger partial charge < -0.3 is 14.6 Å². The molecule has 0 amide bonds. The summed E-state index contributed by atoms with van der Waals surface area (Å²) in [5.74, 6) is -1.12. The Morgan fingerprint density at radius 2 is 1.91 bits per heavy atom. The Bertz CT molecular complexity index is 538. The van der Waals surface area contributed by atoms with Gasteiger partial charge in [0.15, 0.2) is 0 Å². The smallest absolute Gasteiger partial charge is 0.337 e. The van der Waals surface area contributed by atoms with Crippen LogP contribution in [0.15, 0.2) is 23.5 Å². The summed E-state index contributed by atoms with van der Waals surface area (Å²) >= 11 is 0. The van der Waals surface area contributed by atoms with Gasteiger partial charge in [-0.3, -0.25) is 0 Å². The van der Waals surface area contributed by atoms with Crippen molar-refractivity contribution in [2.75, 3.05) is 7.11 Å². The normalized spacial score (nSPS) is 27.5. The first-order chi connectivity index (χ1) is 10.2. The number of aliphatic hydroxyl groups excluding tert-OH is 1. The molecule has 1 saturated carbocycles. The lowest BCUT2D eigenvalue weighted by molar-refractivity contribution is -0.151. The molecule has 2 bridgehead atoms. The minimum atomic E-state index is -0.586. The summed E-state index contributed by atoms with van der Waals surface area (Å²) < 4.78 is 10.2. The van der Waals surface area contributed by atoms with Crippen LogP contribution in [-0.2, 0) is 19.1 Å². The van der Waals surface area contributed by atoms with Gasteiger partial charge in [0.05, 0.1) is 12.7 Å². The first kappa shape index (κ1) is 16.6. The van der Waals surface area contributed by atoms with Gasteiger partial charge in [-0.1, -0.05) is 6.58 Å². The number of methoxy groups -OCH3 is 1. The van der Waals surface area contributed by atoms with Crippen LogP contribution in [0, 0.1) is 17.8 Å². The maximum Gasteiger partial charge on any atom is 0.337 e. The van der Waals surface area contributed by atoms with Crippen LogP contribution in [-0.4, -0.2) is 29.8 Å². The van der Waals surface area contributed by atoms with Gasteiger partial charge in [0.25, 0.3) is 0 Å². The van der Waals surface area contributed by atoms with Crippen LogP contribution in [0.25, 0.3) is 0 Å². The summed E-state index contributed by atoms with van der Waals surface area (Å²) in [6.07, 6.45) is 1.97. The standard InChI is InChI=1S/C17H24O5/c1-9(15(19)22-17(2,3)4)13-10-6-7-11(13)14(12(18)8-10)16(20)21-5/h10-11,13,18H,1,6-8H2,2-5H3. The summed E-state index contributed by atoms with van der Waals surface area (Å²) in [5, 5.41) is 10.1. The van der Waals surface area contributed by atoms with Gasteiger partial charge in [0, 0.05) is 23.8 Å². The number of fused-ring (bicyclic) bond motifs is 2. The Balaban J connectivity index is 2.25. The molecule has 122 valence electrons. The zero-order valence-electron chi connectivity index (χ0n) is 13.6. The molecule has 2 aliphatic carbocycles. The number of carbonyl (C=O) groups excluding carboxylic acids is 2. The van der Waals surface area contributed by atoms with Crippen molar-refractivity contribution in [2.24, 2.45) is 17.8 Å². The van der Waals surface area contributed by atoms with Gasteiger partial charge in [0.1, 0.15) is 11.4 Å². The highest BCUT2D eigenvalue weighted by Gasteiger charge is 2.48. The molecule has 0 heterocycles. The van der Waals surface area contributed by atoms with Crippen LogP contribution in [0.2, 0.25) is 0 Å². The predicted octanol–water partition coefficient (Wildman–Crippen LogP) is 2.92. The third kappa shape index (κ3) is 3.03. The average Bonchev–Trinajstić information content (AvgIpc) is 2.71. The largest absolute Gasteiger partial charge is 0.512 e. The lowest BCUT2D eigenvalue weighted by Crippen LogP contribution is -2.33. The monoisotopic (exact) mass is 308 g/mol. The molecular formula is C17H24O5. The fraction of sp³-hybridized carbons (Fsp3) is 0.647. The number of esters is 2. The van der Waals surface area contributed by atoms with E-state index in [1.165, 1.54) is 7.11 Å². The first-order valence-electron chi connectivity index (χ1n) is 7.58. The molecular weight excluding hydrogens is 284 g/mol. The summed E-state index contributed by atoms with van der Waals surface area (Å²) in [4.78, 5) is 24.2. The van der Waals surface area contributed by atoms with Crippen LogP contribution in [0.5, 0.6) is 0 Å². The Labute approximate surface area is 131 Å². The molecule has 0 aromatic carbocycles. The zero-order chi connectivity index (χ0) is 16.7. The van der Waals surface area contributed by atoms with Gasteiger partial charge in [-0.2, -0.15) is 0 Å². The summed E-state index contributed by atoms with van der Waals surface area (Å²) in [7, 11) is 1.29. The van der Waals surface area contributed by atoms with E-state index >= 15 is 0 Å². The Hall–Kier alpha value is -1.78. The van der Waals surface area contributed by atoms with Crippen molar-refractivity contribution < 1.29 is 24.2 Å². The summed E-state index contributed by atoms with van der Waals surface area (Å²) in [6.45, 7) is 9.33. The second-order valence-electron chi connectivity index (χ2n) is 7.05. The van der Waals surface area contributed by atoms with Gasteiger partial charge >= 0.3 is 11.9 Å². The zero-order valence-corrected chi connectivity index (χ0v) is 13.6. The van der Waals surface area contributed by atoms with E-state index in [4.69, 9.17) is 9.47 Å². The Kier molecular flexibility index (Phi) is 4.36. The van der Waals surface area contributed by atoms with Crippen molar-refractivity contribution in [2.45, 2.75) is 45.6 Å². The topological polar surface area (TPSA) is 72.8 Å². The van der Waals surface area contributed by atoms with E-state index in [1.54, 1.807) is 20.8 Å². The molecule has 0 spiro atoms. The third-order valence-electron chi connectivity index (χ3n) is 4.40. The van der Waals surface area contributed by atoms with Gasteiger partial charge in [-0.25, -0.2) is 9.59 Å². The van der Waals surface area contributed by atoms with Crippen molar-refractivity contribution in [3.63, 3.8) is 0 Å². The molecule has 5 nitrogen and oxygen atoms in total. The molecule has 22 heavy (non-hydrogen) atoms. The number of rotatable bonds is 3. The molecule has 0 aliphatic heterocycles. The third-order valence-corrected chi connectivity index (χ3v) is 4.40. The van der Waals surface area contributed by atoms with Crippen LogP contribution < -0.4 is 0 Å². The minimum Gasteiger partial charge on any atom is -0.512 e. The Morgan fingerprint density at radius 1 is 1.27 bits per heavy atom. The van der Waals surface area contributed by atoms with Crippen LogP contribution in [0.4, 0.5) is 0 Å². The highest BCUT2D eigenvalue weighted by molar-refractivity contribution is 5.92. The van der Waals surface area contributed by atoms with E-state index in [9.17, 15) is 14.7 Å². The predicted molar refractivity (Wildman–Crippen MR) is 81.0 cm³/mol. The molecule has 1 N–H and O–H groups in total. The van der Waals surface area contributed by atoms with E-state index in [-0.39, 0.29) is 23.5 Å². The van der Waals surface area contributed by atoms with Gasteiger partial charge in [-0.15, -0.1) is 0 Å². The molecule has 0 radical (unpaired) electrons. The lowest BCUT2D eigenvalue weighted by Gasteiger charge is -2.32. The second kappa shape index (κ2) is 5.78. The maximum atomic E-state index is 12.3. The van der Waals surface area contributed by atoms with E-state index in [2.05, 4.69) is 6.58 Å². The number of hydrogen-bond acceptors (Lipinski definition) is 5. The Morgan fingerprint density at radius 3 is 2.45 bits per heavy atom. The van der Waals surface area contributed by atoms with Crippen molar-refractivity contribution in [1.82, 2.24) is 0 Å². The lowest BCUT2D eigenvalue weighted by atomic mass is 9.73. The van der Waals surface area contributed by atoms with E-state index in [1.807, 2.05) is 0 Å². The molecule has 2 rings (SSSR count). The average molecular weight is 308 g/mol. The molecule has 0 saturated heterocycles. The van der Waals surface area contributed by atoms with Crippen LogP contribution >= 0.6 is 0 Å². The molecule has 3 atom stereocenters. The fourth-order valence-electron chi connectivity index (χ4n) is 3.59. The second-order valence-corrected chi connectivity index (χ2v) is 7.05. The van der Waals surface area contributed by atoms with E-state index in [0.717, 1.165) is 12.8 Å². The maximum absolute atomic E-state index is 12.3. The van der Waals surface area contributed by atoms with Gasteiger partial charge in [0.2, 0.25) is 0 Å². The number of ether oxygens (including phenoxy) is 2. The molecule has 5 heteroatoms. The van der Waals surface area contributed by atoms with Crippen molar-refractivity contribution >= 4 is 11.9 Å². The highest BCUT2D eigenvalue weighted by Crippen LogP contribution is 2.52.